The van der Waals surface area contributed by atoms with Crippen LogP contribution < -0.4 is 0 Å². The van der Waals surface area contributed by atoms with Crippen LogP contribution in [0.2, 0.25) is 0 Å². The molecule has 23 heavy (non-hydrogen) atoms. The fourth-order valence-electron chi connectivity index (χ4n) is 3.64. The monoisotopic (exact) mass is 320 g/mol. The highest BCUT2D eigenvalue weighted by Crippen LogP contribution is 2.20. The summed E-state index contributed by atoms with van der Waals surface area (Å²) in [4.78, 5) is 28.0. The molecule has 0 spiro atoms. The molecule has 1 fully saturated rings. The predicted octanol–water partition coefficient (Wildman–Crippen LogP) is 3.37. The van der Waals surface area contributed by atoms with Gasteiger partial charge in [0.1, 0.15) is 0 Å². The summed E-state index contributed by atoms with van der Waals surface area (Å²) in [6.07, 6.45) is 11.0. The van der Waals surface area contributed by atoms with Crippen molar-refractivity contribution in [1.29, 1.82) is 0 Å². The van der Waals surface area contributed by atoms with E-state index >= 15 is 0 Å². The van der Waals surface area contributed by atoms with Gasteiger partial charge in [-0.2, -0.15) is 0 Å². The SMILES string of the molecule is CC(=O)N(CCC(=O)N1CCCC(C)C1)CCC1=CCCCC1. The number of nitrogens with zero attached hydrogens (tertiary/aromatic N) is 2. The Kier molecular flexibility index (Phi) is 7.13. The molecule has 0 radical (unpaired) electrons. The fraction of sp³-hybridized carbons (Fsp3) is 0.789. The Hall–Kier alpha value is -1.32. The smallest absolute Gasteiger partial charge is 0.224 e. The number of likely N-dealkylation sites (tertiary alicyclic amines) is 1. The van der Waals surface area contributed by atoms with E-state index in [1.165, 1.54) is 37.7 Å². The lowest BCUT2D eigenvalue weighted by atomic mass is 9.97. The highest BCUT2D eigenvalue weighted by molar-refractivity contribution is 5.78. The van der Waals surface area contributed by atoms with Crippen molar-refractivity contribution >= 4 is 11.8 Å². The topological polar surface area (TPSA) is 40.6 Å². The van der Waals surface area contributed by atoms with Gasteiger partial charge in [0.15, 0.2) is 0 Å². The quantitative estimate of drug-likeness (QED) is 0.704. The van der Waals surface area contributed by atoms with Crippen molar-refractivity contribution in [1.82, 2.24) is 9.80 Å². The molecule has 0 N–H and O–H groups in total. The molecule has 1 atom stereocenters. The first-order valence-corrected chi connectivity index (χ1v) is 9.27. The molecule has 0 aromatic carbocycles. The van der Waals surface area contributed by atoms with Crippen LogP contribution in [-0.2, 0) is 9.59 Å². The lowest BCUT2D eigenvalue weighted by molar-refractivity contribution is -0.134. The molecule has 1 unspecified atom stereocenters. The number of allylic oxidation sites excluding steroid dienone is 1. The third-order valence-electron chi connectivity index (χ3n) is 5.14. The molecule has 2 amide bonds. The Bertz CT molecular complexity index is 445. The first-order chi connectivity index (χ1) is 11.1. The van der Waals surface area contributed by atoms with Crippen LogP contribution in [0.25, 0.3) is 0 Å². The van der Waals surface area contributed by atoms with Crippen LogP contribution in [0, 0.1) is 5.92 Å². The lowest BCUT2D eigenvalue weighted by Gasteiger charge is -2.32. The van der Waals surface area contributed by atoms with Gasteiger partial charge in [0.05, 0.1) is 0 Å². The average Bonchev–Trinajstić information content (AvgIpc) is 2.55. The normalized spacial score (nSPS) is 21.7. The van der Waals surface area contributed by atoms with Crippen molar-refractivity contribution in [2.45, 2.75) is 65.2 Å². The maximum absolute atomic E-state index is 12.4. The molecule has 1 aliphatic carbocycles. The Morgan fingerprint density at radius 2 is 2.09 bits per heavy atom. The number of amides is 2. The second-order valence-electron chi connectivity index (χ2n) is 7.20. The van der Waals surface area contributed by atoms with Gasteiger partial charge in [0.2, 0.25) is 11.8 Å². The molecular formula is C19H32N2O2. The Morgan fingerprint density at radius 3 is 2.74 bits per heavy atom. The minimum atomic E-state index is 0.0845. The van der Waals surface area contributed by atoms with Crippen molar-refractivity contribution in [3.8, 4) is 0 Å². The maximum atomic E-state index is 12.4. The van der Waals surface area contributed by atoms with Crippen molar-refractivity contribution in [3.63, 3.8) is 0 Å². The van der Waals surface area contributed by atoms with E-state index < -0.39 is 0 Å². The number of carbonyl (C=O) groups is 2. The largest absolute Gasteiger partial charge is 0.342 e. The average molecular weight is 320 g/mol. The van der Waals surface area contributed by atoms with E-state index in [1.54, 1.807) is 6.92 Å². The van der Waals surface area contributed by atoms with Crippen molar-refractivity contribution in [3.05, 3.63) is 11.6 Å². The third-order valence-corrected chi connectivity index (χ3v) is 5.14. The third kappa shape index (κ3) is 6.00. The zero-order valence-corrected chi connectivity index (χ0v) is 14.9. The summed E-state index contributed by atoms with van der Waals surface area (Å²) < 4.78 is 0. The molecule has 4 heteroatoms. The van der Waals surface area contributed by atoms with Crippen molar-refractivity contribution in [2.75, 3.05) is 26.2 Å². The highest BCUT2D eigenvalue weighted by Gasteiger charge is 2.21. The molecule has 1 saturated heterocycles. The lowest BCUT2D eigenvalue weighted by Crippen LogP contribution is -2.41. The number of piperidine rings is 1. The minimum Gasteiger partial charge on any atom is -0.342 e. The summed E-state index contributed by atoms with van der Waals surface area (Å²) in [7, 11) is 0. The van der Waals surface area contributed by atoms with E-state index in [4.69, 9.17) is 0 Å². The van der Waals surface area contributed by atoms with Gasteiger partial charge in [0, 0.05) is 39.5 Å². The predicted molar refractivity (Wildman–Crippen MR) is 93.0 cm³/mol. The molecule has 2 aliphatic rings. The molecule has 1 heterocycles. The first kappa shape index (κ1) is 18.0. The molecular weight excluding hydrogens is 288 g/mol. The number of carbonyl (C=O) groups excluding carboxylic acids is 2. The summed E-state index contributed by atoms with van der Waals surface area (Å²) in [5.74, 6) is 0.899. The van der Waals surface area contributed by atoms with Crippen LogP contribution in [0.4, 0.5) is 0 Å². The Labute approximate surface area is 140 Å². The van der Waals surface area contributed by atoms with Crippen LogP contribution in [0.1, 0.15) is 65.2 Å². The molecule has 0 aromatic rings. The Balaban J connectivity index is 1.76. The van der Waals surface area contributed by atoms with E-state index in [0.29, 0.717) is 18.9 Å². The summed E-state index contributed by atoms with van der Waals surface area (Å²) in [6, 6.07) is 0. The maximum Gasteiger partial charge on any atom is 0.224 e. The van der Waals surface area contributed by atoms with E-state index in [0.717, 1.165) is 32.5 Å². The van der Waals surface area contributed by atoms with Gasteiger partial charge in [-0.05, 0) is 50.9 Å². The van der Waals surface area contributed by atoms with Crippen LogP contribution in [0.15, 0.2) is 11.6 Å². The number of hydrogen-bond acceptors (Lipinski definition) is 2. The van der Waals surface area contributed by atoms with E-state index in [-0.39, 0.29) is 11.8 Å². The van der Waals surface area contributed by atoms with Crippen LogP contribution in [-0.4, -0.2) is 47.8 Å². The molecule has 0 saturated carbocycles. The molecule has 130 valence electrons. The molecule has 0 bridgehead atoms. The van der Waals surface area contributed by atoms with Gasteiger partial charge < -0.3 is 9.80 Å². The van der Waals surface area contributed by atoms with Crippen LogP contribution in [0.5, 0.6) is 0 Å². The summed E-state index contributed by atoms with van der Waals surface area (Å²) in [5.41, 5.74) is 1.48. The molecule has 0 aromatic heterocycles. The van der Waals surface area contributed by atoms with Gasteiger partial charge in [0.25, 0.3) is 0 Å². The van der Waals surface area contributed by atoms with Crippen LogP contribution >= 0.6 is 0 Å². The minimum absolute atomic E-state index is 0.0845. The number of rotatable bonds is 6. The van der Waals surface area contributed by atoms with Gasteiger partial charge >= 0.3 is 0 Å². The second kappa shape index (κ2) is 9.09. The highest BCUT2D eigenvalue weighted by atomic mass is 16.2. The summed E-state index contributed by atoms with van der Waals surface area (Å²) in [5, 5.41) is 0. The molecule has 4 nitrogen and oxygen atoms in total. The van der Waals surface area contributed by atoms with Crippen molar-refractivity contribution in [2.24, 2.45) is 5.92 Å². The van der Waals surface area contributed by atoms with Gasteiger partial charge in [-0.15, -0.1) is 0 Å². The number of hydrogen-bond donors (Lipinski definition) is 0. The van der Waals surface area contributed by atoms with Gasteiger partial charge in [-0.1, -0.05) is 18.6 Å². The van der Waals surface area contributed by atoms with E-state index in [9.17, 15) is 9.59 Å². The van der Waals surface area contributed by atoms with Crippen LogP contribution in [0.3, 0.4) is 0 Å². The standard InChI is InChI=1S/C19H32N2O2/c1-16-7-6-12-21(15-16)19(23)11-14-20(17(2)22)13-10-18-8-4-3-5-9-18/h8,16H,3-7,9-15H2,1-2H3. The fourth-order valence-corrected chi connectivity index (χ4v) is 3.64. The zero-order valence-electron chi connectivity index (χ0n) is 14.9. The van der Waals surface area contributed by atoms with E-state index in [1.807, 2.05) is 9.80 Å². The second-order valence-corrected chi connectivity index (χ2v) is 7.20. The molecule has 1 aliphatic heterocycles. The van der Waals surface area contributed by atoms with Gasteiger partial charge in [-0.25, -0.2) is 0 Å². The zero-order chi connectivity index (χ0) is 16.7. The molecule has 2 rings (SSSR count). The summed E-state index contributed by atoms with van der Waals surface area (Å²) >= 11 is 0. The van der Waals surface area contributed by atoms with Gasteiger partial charge in [-0.3, -0.25) is 9.59 Å². The Morgan fingerprint density at radius 1 is 1.26 bits per heavy atom. The van der Waals surface area contributed by atoms with Crippen molar-refractivity contribution < 1.29 is 9.59 Å². The summed E-state index contributed by atoms with van der Waals surface area (Å²) in [6.45, 7) is 6.90. The first-order valence-electron chi connectivity index (χ1n) is 9.27. The van der Waals surface area contributed by atoms with E-state index in [2.05, 4.69) is 13.0 Å².